The number of fused-ring (bicyclic) bond motifs is 7. The molecule has 8 aromatic carbocycles. The molecule has 0 amide bonds. The van der Waals surface area contributed by atoms with Crippen molar-refractivity contribution in [3.8, 4) is 28.3 Å². The Morgan fingerprint density at radius 3 is 2.02 bits per heavy atom. The van der Waals surface area contributed by atoms with E-state index in [-0.39, 0.29) is 11.1 Å². The molecule has 0 N–H and O–H groups in total. The van der Waals surface area contributed by atoms with Crippen molar-refractivity contribution in [3.63, 3.8) is 0 Å². The van der Waals surface area contributed by atoms with E-state index in [9.17, 15) is 13.7 Å². The summed E-state index contributed by atoms with van der Waals surface area (Å²) in [6.45, 7) is 0. The number of benzene rings is 8. The van der Waals surface area contributed by atoms with Crippen LogP contribution in [0.4, 0.5) is 0 Å². The van der Waals surface area contributed by atoms with Crippen LogP contribution in [0.2, 0.25) is 0 Å². The fraction of sp³-hybridized carbons (Fsp3) is 0.0213. The first-order valence-corrected chi connectivity index (χ1v) is 15.2. The van der Waals surface area contributed by atoms with Crippen molar-refractivity contribution < 1.29 is 33.5 Å². The third-order valence-electron chi connectivity index (χ3n) is 8.79. The first kappa shape index (κ1) is 14.0. The first-order valence-electron chi connectivity index (χ1n) is 25.7. The van der Waals surface area contributed by atoms with Gasteiger partial charge in [-0.1, -0.05) is 151 Å². The van der Waals surface area contributed by atoms with Crippen molar-refractivity contribution in [3.05, 3.63) is 210 Å². The molecule has 0 fully saturated rings. The number of para-hydroxylation sites is 2. The molecule has 0 aliphatic carbocycles. The molecule has 0 bridgehead atoms. The van der Waals surface area contributed by atoms with Crippen molar-refractivity contribution in [2.24, 2.45) is 0 Å². The quantitative estimate of drug-likeness (QED) is 0.186. The van der Waals surface area contributed by atoms with Gasteiger partial charge in [-0.15, -0.1) is 0 Å². The van der Waals surface area contributed by atoms with Crippen LogP contribution in [0.25, 0.3) is 49.4 Å². The SMILES string of the molecule is [2H]c1c([2H])c([2H])c(-n2c3c([2H])c([2H])c([2H])c(-c4c([2H])c([2H])c5c(c4[2H])C(c4ccccc4)(c4ccccc4)c4c([2H])c([2H])c([2H])c([2H])c4O5)c3c3c([2H])c([2H])c4c([2H])c([2H])c([2H])c([2H])c4c32)c([2H])c1[2H]. The molecule has 0 saturated carbocycles. The van der Waals surface area contributed by atoms with E-state index in [0.29, 0.717) is 11.1 Å². The van der Waals surface area contributed by atoms with Crippen LogP contribution in [-0.2, 0) is 5.41 Å². The zero-order chi connectivity index (χ0) is 50.6. The summed E-state index contributed by atoms with van der Waals surface area (Å²) in [4.78, 5) is 0. The third-order valence-corrected chi connectivity index (χ3v) is 8.79. The molecule has 2 nitrogen and oxygen atoms in total. The molecule has 9 aromatic rings. The van der Waals surface area contributed by atoms with Gasteiger partial charge in [-0.2, -0.15) is 0 Å². The minimum atomic E-state index is -1.99. The van der Waals surface area contributed by atoms with E-state index in [0.717, 1.165) is 4.57 Å². The van der Waals surface area contributed by atoms with Crippen molar-refractivity contribution >= 4 is 32.6 Å². The molecule has 2 heterocycles. The molecule has 2 heteroatoms. The van der Waals surface area contributed by atoms with E-state index in [1.54, 1.807) is 60.7 Å². The van der Waals surface area contributed by atoms with E-state index in [2.05, 4.69) is 0 Å². The topological polar surface area (TPSA) is 14.2 Å². The maximum atomic E-state index is 10.4. The highest BCUT2D eigenvalue weighted by Gasteiger charge is 2.45. The van der Waals surface area contributed by atoms with Gasteiger partial charge in [0.05, 0.1) is 45.2 Å². The van der Waals surface area contributed by atoms with Gasteiger partial charge < -0.3 is 9.30 Å². The summed E-state index contributed by atoms with van der Waals surface area (Å²) in [6, 6.07) is -0.0890. The summed E-state index contributed by atoms with van der Waals surface area (Å²) in [6.07, 6.45) is 0. The Kier molecular flexibility index (Phi) is 3.09. The van der Waals surface area contributed by atoms with Crippen molar-refractivity contribution in [1.29, 1.82) is 0 Å². The Morgan fingerprint density at radius 2 is 1.22 bits per heavy atom. The predicted molar refractivity (Wildman–Crippen MR) is 202 cm³/mol. The van der Waals surface area contributed by atoms with E-state index in [1.165, 1.54) is 0 Å². The lowest BCUT2D eigenvalue weighted by Crippen LogP contribution is -2.34. The molecule has 230 valence electrons. The molecule has 0 unspecified atom stereocenters. The first-order chi connectivity index (χ1) is 33.1. The molecule has 0 atom stereocenters. The van der Waals surface area contributed by atoms with Gasteiger partial charge in [0.1, 0.15) is 11.5 Å². The molecule has 10 rings (SSSR count). The van der Waals surface area contributed by atoms with Crippen LogP contribution < -0.4 is 4.74 Å². The van der Waals surface area contributed by atoms with Gasteiger partial charge in [0.2, 0.25) is 0 Å². The van der Waals surface area contributed by atoms with Crippen LogP contribution >= 0.6 is 0 Å². The lowest BCUT2D eigenvalue weighted by molar-refractivity contribution is 0.434. The maximum absolute atomic E-state index is 10.4. The zero-order valence-electron chi connectivity index (χ0n) is 46.1. The number of nitrogens with zero attached hydrogens (tertiary/aromatic N) is 1. The summed E-state index contributed by atoms with van der Waals surface area (Å²) >= 11 is 0. The van der Waals surface area contributed by atoms with Crippen molar-refractivity contribution in [2.75, 3.05) is 0 Å². The molecule has 49 heavy (non-hydrogen) atoms. The second-order valence-electron chi connectivity index (χ2n) is 11.2. The van der Waals surface area contributed by atoms with Gasteiger partial charge >= 0.3 is 0 Å². The normalized spacial score (nSPS) is 19.2. The molecule has 1 aliphatic rings. The van der Waals surface area contributed by atoms with Crippen LogP contribution in [0.3, 0.4) is 0 Å². The van der Waals surface area contributed by atoms with Crippen LogP contribution in [0.5, 0.6) is 11.5 Å². The molecule has 1 aliphatic heterocycles. The highest BCUT2D eigenvalue weighted by molar-refractivity contribution is 6.22. The lowest BCUT2D eigenvalue weighted by atomic mass is 9.63. The predicted octanol–water partition coefficient (Wildman–Crippen LogP) is 12.1. The fourth-order valence-corrected chi connectivity index (χ4v) is 6.83. The number of ether oxygens (including phenoxy) is 1. The zero-order valence-corrected chi connectivity index (χ0v) is 25.1. The van der Waals surface area contributed by atoms with E-state index < -0.39 is 193 Å². The Morgan fingerprint density at radius 1 is 0.531 bits per heavy atom. The van der Waals surface area contributed by atoms with Crippen molar-refractivity contribution in [1.82, 2.24) is 4.57 Å². The Bertz CT molecular complexity index is 3800. The summed E-state index contributed by atoms with van der Waals surface area (Å²) in [5.74, 6) is -0.880. The van der Waals surface area contributed by atoms with Gasteiger partial charge in [-0.25, -0.2) is 0 Å². The minimum Gasteiger partial charge on any atom is -0.457 e. The summed E-state index contributed by atoms with van der Waals surface area (Å²) in [5.41, 5.74) is -4.80. The van der Waals surface area contributed by atoms with Gasteiger partial charge in [0, 0.05) is 33.0 Å². The monoisotopic (exact) mass is 646 g/mol. The molecular weight excluding hydrogens is 595 g/mol. The standard InChI is InChI=1S/C47H31NO/c1-4-16-34(17-5-1)47(35-18-6-2-7-19-35)40-24-12-13-26-43(40)49-44-30-28-33(31-41(44)47)37-23-14-25-42-45(37)39-29-27-32-15-10-11-22-38(32)46(39)48(42)36-20-8-3-9-21-36/h1-31H/i3D,8D,9D,10D,11D,12D,13D,14D,15D,20D,21D,22D,23D,24D,25D,26D,27D,28D,29D,30D,31D. The van der Waals surface area contributed by atoms with Crippen molar-refractivity contribution in [2.45, 2.75) is 5.41 Å². The van der Waals surface area contributed by atoms with Crippen LogP contribution in [0.1, 0.15) is 51.0 Å². The number of aromatic nitrogens is 1. The highest BCUT2D eigenvalue weighted by atomic mass is 16.5. The average molecular weight is 647 g/mol. The average Bonchev–Trinajstić information content (AvgIpc) is 3.70. The largest absolute Gasteiger partial charge is 0.457 e. The number of hydrogen-bond donors (Lipinski definition) is 0. The molecular formula is C47H31NO. The smallest absolute Gasteiger partial charge is 0.132 e. The fourth-order valence-electron chi connectivity index (χ4n) is 6.83. The van der Waals surface area contributed by atoms with E-state index >= 15 is 0 Å². The Labute approximate surface area is 314 Å². The maximum Gasteiger partial charge on any atom is 0.132 e. The summed E-state index contributed by atoms with van der Waals surface area (Å²) in [5, 5.41) is -1.99. The summed E-state index contributed by atoms with van der Waals surface area (Å²) < 4.78 is 200. The molecule has 1 aromatic heterocycles. The number of hydrogen-bond acceptors (Lipinski definition) is 1. The second kappa shape index (κ2) is 10.8. The van der Waals surface area contributed by atoms with Gasteiger partial charge in [-0.05, 0) is 63.9 Å². The van der Waals surface area contributed by atoms with Gasteiger partial charge in [-0.3, -0.25) is 0 Å². The van der Waals surface area contributed by atoms with E-state index in [1.807, 2.05) is 0 Å². The minimum absolute atomic E-state index is 0.176. The molecule has 0 saturated heterocycles. The number of rotatable bonds is 4. The summed E-state index contributed by atoms with van der Waals surface area (Å²) in [7, 11) is 0. The lowest BCUT2D eigenvalue weighted by Gasteiger charge is -2.41. The third kappa shape index (κ3) is 4.01. The molecule has 0 radical (unpaired) electrons. The molecule has 0 spiro atoms. The Hall–Kier alpha value is -6.38. The highest BCUT2D eigenvalue weighted by Crippen LogP contribution is 2.56. The van der Waals surface area contributed by atoms with Gasteiger partial charge in [0.25, 0.3) is 0 Å². The van der Waals surface area contributed by atoms with Gasteiger partial charge in [0.15, 0.2) is 0 Å². The van der Waals surface area contributed by atoms with Crippen LogP contribution in [0, 0.1) is 0 Å². The van der Waals surface area contributed by atoms with Crippen LogP contribution in [-0.4, -0.2) is 4.57 Å². The second-order valence-corrected chi connectivity index (χ2v) is 11.2. The Balaban J connectivity index is 1.53. The van der Waals surface area contributed by atoms with E-state index in [4.69, 9.17) is 19.8 Å². The van der Waals surface area contributed by atoms with Crippen LogP contribution in [0.15, 0.2) is 188 Å².